The number of hydrogen-bond donors (Lipinski definition) is 4. The van der Waals surface area contributed by atoms with Gasteiger partial charge in [0.05, 0.1) is 0 Å². The van der Waals surface area contributed by atoms with Gasteiger partial charge < -0.3 is 21.3 Å². The molecule has 26 heavy (non-hydrogen) atoms. The highest BCUT2D eigenvalue weighted by Gasteiger charge is 2.23. The molecular weight excluding hydrogens is 335 g/mol. The molecule has 0 unspecified atom stereocenters. The Morgan fingerprint density at radius 3 is 2.27 bits per heavy atom. The van der Waals surface area contributed by atoms with Gasteiger partial charge in [0.15, 0.2) is 0 Å². The van der Waals surface area contributed by atoms with Crippen molar-refractivity contribution in [2.24, 2.45) is 0 Å². The second kappa shape index (κ2) is 8.33. The maximum Gasteiger partial charge on any atom is 0.319 e. The first-order valence-corrected chi connectivity index (χ1v) is 8.55. The molecule has 2 aromatic rings. The Bertz CT molecular complexity index is 775. The van der Waals surface area contributed by atoms with Gasteiger partial charge in [-0.3, -0.25) is 0 Å². The Balaban J connectivity index is 1.43. The van der Waals surface area contributed by atoms with Crippen LogP contribution in [0.25, 0.3) is 0 Å². The number of hydrogen-bond acceptors (Lipinski definition) is 2. The van der Waals surface area contributed by atoms with E-state index in [1.807, 2.05) is 0 Å². The summed E-state index contributed by atoms with van der Waals surface area (Å²) in [7, 11) is 0. The van der Waals surface area contributed by atoms with Crippen LogP contribution in [-0.2, 0) is 6.42 Å². The molecule has 1 saturated carbocycles. The molecule has 136 valence electrons. The highest BCUT2D eigenvalue weighted by molar-refractivity contribution is 5.92. The minimum Gasteiger partial charge on any atom is -0.338 e. The van der Waals surface area contributed by atoms with Gasteiger partial charge in [-0.2, -0.15) is 0 Å². The summed E-state index contributed by atoms with van der Waals surface area (Å²) in [4.78, 5) is 23.7. The largest absolute Gasteiger partial charge is 0.338 e. The molecule has 1 aliphatic carbocycles. The van der Waals surface area contributed by atoms with E-state index in [1.54, 1.807) is 36.4 Å². The molecule has 0 radical (unpaired) electrons. The van der Waals surface area contributed by atoms with Crippen molar-refractivity contribution < 1.29 is 14.0 Å². The number of halogens is 1. The molecular formula is C19H21FN4O2. The predicted octanol–water partition coefficient (Wildman–Crippen LogP) is 3.47. The third-order valence-corrected chi connectivity index (χ3v) is 3.90. The molecule has 4 amide bonds. The summed E-state index contributed by atoms with van der Waals surface area (Å²) in [5, 5.41) is 11.0. The minimum absolute atomic E-state index is 0.242. The van der Waals surface area contributed by atoms with E-state index in [9.17, 15) is 14.0 Å². The standard InChI is InChI=1S/C19H21FN4O2/c20-14-6-4-13(5-7-14)10-11-21-18(25)23-16-2-1-3-17(12-16)24-19(26)22-15-8-9-15/h1-7,12,15H,8-11H2,(H2,21,23,25)(H2,22,24,26). The third-order valence-electron chi connectivity index (χ3n) is 3.90. The Labute approximate surface area is 151 Å². The summed E-state index contributed by atoms with van der Waals surface area (Å²) in [5.74, 6) is -0.279. The SMILES string of the molecule is O=C(NCCc1ccc(F)cc1)Nc1cccc(NC(=O)NC2CC2)c1. The summed E-state index contributed by atoms with van der Waals surface area (Å²) in [5.41, 5.74) is 2.13. The van der Waals surface area contributed by atoms with E-state index in [0.717, 1.165) is 18.4 Å². The number of urea groups is 2. The van der Waals surface area contributed by atoms with Gasteiger partial charge in [0.2, 0.25) is 0 Å². The zero-order chi connectivity index (χ0) is 18.4. The number of nitrogens with one attached hydrogen (secondary N) is 4. The zero-order valence-corrected chi connectivity index (χ0v) is 14.2. The fraction of sp³-hybridized carbons (Fsp3) is 0.263. The van der Waals surface area contributed by atoms with E-state index in [-0.39, 0.29) is 23.9 Å². The molecule has 0 saturated heterocycles. The maximum atomic E-state index is 12.8. The first-order chi connectivity index (χ1) is 12.6. The van der Waals surface area contributed by atoms with Crippen LogP contribution in [0.2, 0.25) is 0 Å². The van der Waals surface area contributed by atoms with Gasteiger partial charge in [0, 0.05) is 24.0 Å². The van der Waals surface area contributed by atoms with Crippen molar-refractivity contribution in [3.63, 3.8) is 0 Å². The van der Waals surface area contributed by atoms with Gasteiger partial charge in [0.1, 0.15) is 5.82 Å². The molecule has 6 nitrogen and oxygen atoms in total. The van der Waals surface area contributed by atoms with Crippen LogP contribution in [-0.4, -0.2) is 24.6 Å². The van der Waals surface area contributed by atoms with Crippen molar-refractivity contribution >= 4 is 23.4 Å². The van der Waals surface area contributed by atoms with Crippen molar-refractivity contribution in [1.29, 1.82) is 0 Å². The van der Waals surface area contributed by atoms with Crippen molar-refractivity contribution in [2.75, 3.05) is 17.2 Å². The smallest absolute Gasteiger partial charge is 0.319 e. The van der Waals surface area contributed by atoms with Crippen LogP contribution in [0.5, 0.6) is 0 Å². The lowest BCUT2D eigenvalue weighted by Crippen LogP contribution is -2.31. The molecule has 0 heterocycles. The summed E-state index contributed by atoms with van der Waals surface area (Å²) >= 11 is 0. The Kier molecular flexibility index (Phi) is 5.68. The molecule has 1 aliphatic rings. The van der Waals surface area contributed by atoms with Crippen LogP contribution in [0.1, 0.15) is 18.4 Å². The quantitative estimate of drug-likeness (QED) is 0.639. The van der Waals surface area contributed by atoms with E-state index >= 15 is 0 Å². The first kappa shape index (κ1) is 17.7. The van der Waals surface area contributed by atoms with Gasteiger partial charge in [0.25, 0.3) is 0 Å². The summed E-state index contributed by atoms with van der Waals surface area (Å²) < 4.78 is 12.8. The monoisotopic (exact) mass is 356 g/mol. The highest BCUT2D eigenvalue weighted by atomic mass is 19.1. The van der Waals surface area contributed by atoms with Crippen LogP contribution < -0.4 is 21.3 Å². The van der Waals surface area contributed by atoms with Gasteiger partial charge >= 0.3 is 12.1 Å². The maximum absolute atomic E-state index is 12.8. The molecule has 2 aromatic carbocycles. The lowest BCUT2D eigenvalue weighted by molar-refractivity contribution is 0.251. The van der Waals surface area contributed by atoms with Crippen LogP contribution in [0.4, 0.5) is 25.4 Å². The van der Waals surface area contributed by atoms with Gasteiger partial charge in [-0.1, -0.05) is 18.2 Å². The second-order valence-corrected chi connectivity index (χ2v) is 6.21. The highest BCUT2D eigenvalue weighted by Crippen LogP contribution is 2.19. The van der Waals surface area contributed by atoms with E-state index in [0.29, 0.717) is 24.3 Å². The molecule has 0 bridgehead atoms. The number of rotatable bonds is 6. The third kappa shape index (κ3) is 5.77. The van der Waals surface area contributed by atoms with Gasteiger partial charge in [-0.05, 0) is 55.2 Å². The number of carbonyl (C=O) groups excluding carboxylic acids is 2. The molecule has 1 fully saturated rings. The zero-order valence-electron chi connectivity index (χ0n) is 14.2. The van der Waals surface area contributed by atoms with E-state index in [4.69, 9.17) is 0 Å². The van der Waals surface area contributed by atoms with Gasteiger partial charge in [-0.25, -0.2) is 14.0 Å². The van der Waals surface area contributed by atoms with E-state index in [1.165, 1.54) is 12.1 Å². The Morgan fingerprint density at radius 1 is 0.962 bits per heavy atom. The number of anilines is 2. The predicted molar refractivity (Wildman–Crippen MR) is 98.7 cm³/mol. The lowest BCUT2D eigenvalue weighted by atomic mass is 10.1. The molecule has 0 spiro atoms. The normalized spacial score (nSPS) is 13.0. The lowest BCUT2D eigenvalue weighted by Gasteiger charge is -2.10. The molecule has 7 heteroatoms. The van der Waals surface area contributed by atoms with E-state index in [2.05, 4.69) is 21.3 Å². The summed E-state index contributed by atoms with van der Waals surface area (Å²) in [6.07, 6.45) is 2.65. The average molecular weight is 356 g/mol. The average Bonchev–Trinajstić information content (AvgIpc) is 3.41. The fourth-order valence-electron chi connectivity index (χ4n) is 2.40. The van der Waals surface area contributed by atoms with E-state index < -0.39 is 0 Å². The van der Waals surface area contributed by atoms with Crippen LogP contribution in [0.15, 0.2) is 48.5 Å². The molecule has 0 aromatic heterocycles. The first-order valence-electron chi connectivity index (χ1n) is 8.55. The fourth-order valence-corrected chi connectivity index (χ4v) is 2.40. The molecule has 0 atom stereocenters. The van der Waals surface area contributed by atoms with Crippen LogP contribution in [0, 0.1) is 5.82 Å². The van der Waals surface area contributed by atoms with Gasteiger partial charge in [-0.15, -0.1) is 0 Å². The second-order valence-electron chi connectivity index (χ2n) is 6.21. The summed E-state index contributed by atoms with van der Waals surface area (Å²) in [6, 6.07) is 12.8. The molecule has 0 aliphatic heterocycles. The summed E-state index contributed by atoms with van der Waals surface area (Å²) in [6.45, 7) is 0.430. The topological polar surface area (TPSA) is 82.3 Å². The van der Waals surface area contributed by atoms with Crippen molar-refractivity contribution in [3.05, 3.63) is 59.9 Å². The number of amides is 4. The van der Waals surface area contributed by atoms with Crippen LogP contribution >= 0.6 is 0 Å². The van der Waals surface area contributed by atoms with Crippen molar-refractivity contribution in [1.82, 2.24) is 10.6 Å². The Hall–Kier alpha value is -3.09. The molecule has 3 rings (SSSR count). The van der Waals surface area contributed by atoms with Crippen LogP contribution in [0.3, 0.4) is 0 Å². The Morgan fingerprint density at radius 2 is 1.62 bits per heavy atom. The van der Waals surface area contributed by atoms with Crippen molar-refractivity contribution in [2.45, 2.75) is 25.3 Å². The number of benzene rings is 2. The van der Waals surface area contributed by atoms with Crippen molar-refractivity contribution in [3.8, 4) is 0 Å². The number of carbonyl (C=O) groups is 2. The minimum atomic E-state index is -0.341. The molecule has 4 N–H and O–H groups in total.